The van der Waals surface area contributed by atoms with Crippen LogP contribution in [-0.2, 0) is 6.54 Å². The predicted molar refractivity (Wildman–Crippen MR) is 99.8 cm³/mol. The van der Waals surface area contributed by atoms with Crippen LogP contribution in [0.1, 0.15) is 32.0 Å². The predicted octanol–water partition coefficient (Wildman–Crippen LogP) is 4.79. The van der Waals surface area contributed by atoms with E-state index in [0.29, 0.717) is 28.4 Å². The molecule has 0 spiro atoms. The molecule has 1 N–H and O–H groups in total. The molecule has 0 aliphatic carbocycles. The fourth-order valence-electron chi connectivity index (χ4n) is 3.08. The lowest BCUT2D eigenvalue weighted by molar-refractivity contribution is 0.0988. The summed E-state index contributed by atoms with van der Waals surface area (Å²) in [5, 5.41) is 2.85. The van der Waals surface area contributed by atoms with Gasteiger partial charge in [0.25, 0.3) is 11.8 Å². The normalized spacial score (nSPS) is 13.0. The zero-order chi connectivity index (χ0) is 19.1. The second-order valence-electron chi connectivity index (χ2n) is 6.22. The van der Waals surface area contributed by atoms with Gasteiger partial charge in [0.1, 0.15) is 5.82 Å². The van der Waals surface area contributed by atoms with Gasteiger partial charge in [-0.25, -0.2) is 4.39 Å². The number of hydrogen-bond acceptors (Lipinski definition) is 3. The Labute approximate surface area is 159 Å². The third kappa shape index (κ3) is 2.98. The molecular formula is C20H14ClFN2O3. The van der Waals surface area contributed by atoms with Crippen molar-refractivity contribution in [2.45, 2.75) is 13.5 Å². The van der Waals surface area contributed by atoms with Gasteiger partial charge >= 0.3 is 0 Å². The maximum Gasteiger partial charge on any atom is 0.291 e. The lowest BCUT2D eigenvalue weighted by Gasteiger charge is -2.17. The number of fused-ring (bicyclic) bond motifs is 1. The average molecular weight is 385 g/mol. The van der Waals surface area contributed by atoms with Crippen LogP contribution in [0.3, 0.4) is 0 Å². The van der Waals surface area contributed by atoms with Crippen LogP contribution in [0.15, 0.2) is 53.1 Å². The number of anilines is 2. The monoisotopic (exact) mass is 384 g/mol. The van der Waals surface area contributed by atoms with Crippen molar-refractivity contribution in [2.75, 3.05) is 10.2 Å². The van der Waals surface area contributed by atoms with Crippen LogP contribution in [0, 0.1) is 12.7 Å². The number of nitrogens with zero attached hydrogens (tertiary/aromatic N) is 1. The van der Waals surface area contributed by atoms with Crippen molar-refractivity contribution in [1.29, 1.82) is 0 Å². The maximum atomic E-state index is 14.5. The Balaban J connectivity index is 1.58. The summed E-state index contributed by atoms with van der Waals surface area (Å²) in [6.07, 6.45) is 1.39. The van der Waals surface area contributed by atoms with Crippen molar-refractivity contribution >= 4 is 34.8 Å². The van der Waals surface area contributed by atoms with Crippen molar-refractivity contribution in [1.82, 2.24) is 0 Å². The number of nitrogens with one attached hydrogen (secondary N) is 1. The SMILES string of the molecule is Cc1ccoc1C(=O)Nc1ccc(N2Cc3cccc(Cl)c3C2=O)cc1F. The summed E-state index contributed by atoms with van der Waals surface area (Å²) >= 11 is 6.11. The molecule has 7 heteroatoms. The zero-order valence-corrected chi connectivity index (χ0v) is 15.0. The van der Waals surface area contributed by atoms with Gasteiger partial charge in [0.05, 0.1) is 29.1 Å². The van der Waals surface area contributed by atoms with Crippen molar-refractivity contribution in [3.8, 4) is 0 Å². The van der Waals surface area contributed by atoms with Crippen LogP contribution in [0.4, 0.5) is 15.8 Å². The summed E-state index contributed by atoms with van der Waals surface area (Å²) < 4.78 is 19.6. The Morgan fingerprint density at radius 2 is 2.07 bits per heavy atom. The number of benzene rings is 2. The molecule has 2 aromatic carbocycles. The van der Waals surface area contributed by atoms with Gasteiger partial charge in [-0.3, -0.25) is 9.59 Å². The van der Waals surface area contributed by atoms with Gasteiger partial charge in [-0.2, -0.15) is 0 Å². The number of aryl methyl sites for hydroxylation is 1. The molecule has 2 amide bonds. The standard InChI is InChI=1S/C20H14ClFN2O3/c1-11-7-8-27-18(11)19(25)23-16-6-5-13(9-15(16)22)24-10-12-3-2-4-14(21)17(12)20(24)26/h2-9H,10H2,1H3,(H,23,25). The first kappa shape index (κ1) is 17.3. The van der Waals surface area contributed by atoms with E-state index in [1.165, 1.54) is 23.3 Å². The Kier molecular flexibility index (Phi) is 4.20. The van der Waals surface area contributed by atoms with Crippen LogP contribution in [0.5, 0.6) is 0 Å². The summed E-state index contributed by atoms with van der Waals surface area (Å²) in [4.78, 5) is 26.2. The highest BCUT2D eigenvalue weighted by Crippen LogP contribution is 2.33. The Morgan fingerprint density at radius 3 is 2.74 bits per heavy atom. The van der Waals surface area contributed by atoms with Gasteiger partial charge in [0.2, 0.25) is 0 Å². The average Bonchev–Trinajstić information content (AvgIpc) is 3.21. The highest BCUT2D eigenvalue weighted by Gasteiger charge is 2.31. The Bertz CT molecular complexity index is 1080. The quantitative estimate of drug-likeness (QED) is 0.706. The maximum absolute atomic E-state index is 14.5. The van der Waals surface area contributed by atoms with Crippen LogP contribution >= 0.6 is 11.6 Å². The van der Waals surface area contributed by atoms with Gasteiger partial charge in [-0.15, -0.1) is 0 Å². The van der Waals surface area contributed by atoms with E-state index in [4.69, 9.17) is 16.0 Å². The van der Waals surface area contributed by atoms with Crippen LogP contribution in [0.25, 0.3) is 0 Å². The van der Waals surface area contributed by atoms with Crippen molar-refractivity contribution < 1.29 is 18.4 Å². The van der Waals surface area contributed by atoms with E-state index < -0.39 is 11.7 Å². The van der Waals surface area contributed by atoms with E-state index in [1.54, 1.807) is 31.2 Å². The molecular weight excluding hydrogens is 371 g/mol. The molecule has 4 rings (SSSR count). The lowest BCUT2D eigenvalue weighted by Crippen LogP contribution is -2.23. The third-order valence-electron chi connectivity index (χ3n) is 4.47. The van der Waals surface area contributed by atoms with Crippen molar-refractivity contribution in [3.05, 3.63) is 82.0 Å². The first-order valence-corrected chi connectivity index (χ1v) is 8.58. The molecule has 1 aliphatic rings. The fraction of sp³-hybridized carbons (Fsp3) is 0.100. The van der Waals surface area contributed by atoms with Crippen LogP contribution in [-0.4, -0.2) is 11.8 Å². The molecule has 0 fully saturated rings. The van der Waals surface area contributed by atoms with Gasteiger partial charge in [0, 0.05) is 11.3 Å². The molecule has 1 aliphatic heterocycles. The second kappa shape index (κ2) is 6.55. The molecule has 0 atom stereocenters. The summed E-state index contributed by atoms with van der Waals surface area (Å²) in [5.74, 6) is -1.35. The summed E-state index contributed by atoms with van der Waals surface area (Å²) in [6, 6.07) is 11.1. The van der Waals surface area contributed by atoms with Gasteiger partial charge in [-0.05, 0) is 42.8 Å². The molecule has 0 radical (unpaired) electrons. The van der Waals surface area contributed by atoms with Crippen molar-refractivity contribution in [2.24, 2.45) is 0 Å². The number of carbonyl (C=O) groups is 2. The van der Waals surface area contributed by atoms with E-state index in [0.717, 1.165) is 5.56 Å². The minimum atomic E-state index is -0.653. The molecule has 1 aromatic heterocycles. The summed E-state index contributed by atoms with van der Waals surface area (Å²) in [5.41, 5.74) is 2.27. The molecule has 2 heterocycles. The molecule has 0 bridgehead atoms. The number of carbonyl (C=O) groups excluding carboxylic acids is 2. The summed E-state index contributed by atoms with van der Waals surface area (Å²) in [7, 11) is 0. The minimum absolute atomic E-state index is 0.00161. The largest absolute Gasteiger partial charge is 0.459 e. The van der Waals surface area contributed by atoms with Crippen LogP contribution < -0.4 is 10.2 Å². The first-order chi connectivity index (χ1) is 13.0. The number of amides is 2. The van der Waals surface area contributed by atoms with E-state index in [-0.39, 0.29) is 17.4 Å². The Morgan fingerprint density at radius 1 is 1.26 bits per heavy atom. The number of rotatable bonds is 3. The molecule has 27 heavy (non-hydrogen) atoms. The second-order valence-corrected chi connectivity index (χ2v) is 6.62. The van der Waals surface area contributed by atoms with Gasteiger partial charge < -0.3 is 14.6 Å². The first-order valence-electron chi connectivity index (χ1n) is 8.20. The molecule has 5 nitrogen and oxygen atoms in total. The molecule has 0 unspecified atom stereocenters. The van der Waals surface area contributed by atoms with Gasteiger partial charge in [0.15, 0.2) is 5.76 Å². The highest BCUT2D eigenvalue weighted by molar-refractivity contribution is 6.35. The van der Waals surface area contributed by atoms with Crippen LogP contribution in [0.2, 0.25) is 5.02 Å². The number of hydrogen-bond donors (Lipinski definition) is 1. The zero-order valence-electron chi connectivity index (χ0n) is 14.3. The van der Waals surface area contributed by atoms with E-state index in [9.17, 15) is 14.0 Å². The minimum Gasteiger partial charge on any atom is -0.459 e. The highest BCUT2D eigenvalue weighted by atomic mass is 35.5. The Hall–Kier alpha value is -3.12. The van der Waals surface area contributed by atoms with Gasteiger partial charge in [-0.1, -0.05) is 23.7 Å². The topological polar surface area (TPSA) is 62.6 Å². The number of furan rings is 1. The lowest BCUT2D eigenvalue weighted by atomic mass is 10.1. The number of halogens is 2. The smallest absolute Gasteiger partial charge is 0.291 e. The van der Waals surface area contributed by atoms with E-state index >= 15 is 0 Å². The third-order valence-corrected chi connectivity index (χ3v) is 4.78. The van der Waals surface area contributed by atoms with E-state index in [1.807, 2.05) is 6.07 Å². The molecule has 136 valence electrons. The van der Waals surface area contributed by atoms with E-state index in [2.05, 4.69) is 5.32 Å². The van der Waals surface area contributed by atoms with Crippen molar-refractivity contribution in [3.63, 3.8) is 0 Å². The molecule has 3 aromatic rings. The molecule has 0 saturated carbocycles. The summed E-state index contributed by atoms with van der Waals surface area (Å²) in [6.45, 7) is 2.03. The molecule has 0 saturated heterocycles. The fourth-order valence-corrected chi connectivity index (χ4v) is 3.36.